The highest BCUT2D eigenvalue weighted by Crippen LogP contribution is 2.21. The second-order valence-electron chi connectivity index (χ2n) is 4.20. The predicted molar refractivity (Wildman–Crippen MR) is 72.3 cm³/mol. The van der Waals surface area contributed by atoms with Gasteiger partial charge < -0.3 is 14.4 Å². The molecule has 0 amide bonds. The van der Waals surface area contributed by atoms with E-state index in [4.69, 9.17) is 21.4 Å². The van der Waals surface area contributed by atoms with Crippen molar-refractivity contribution in [1.29, 1.82) is 0 Å². The van der Waals surface area contributed by atoms with Crippen molar-refractivity contribution in [3.05, 3.63) is 29.0 Å². The van der Waals surface area contributed by atoms with Gasteiger partial charge in [0.25, 0.3) is 0 Å². The van der Waals surface area contributed by atoms with Gasteiger partial charge in [0, 0.05) is 11.6 Å². The average molecular weight is 283 g/mol. The summed E-state index contributed by atoms with van der Waals surface area (Å²) < 4.78 is 7.13. The van der Waals surface area contributed by atoms with Crippen molar-refractivity contribution in [2.24, 2.45) is 0 Å². The molecule has 5 nitrogen and oxygen atoms in total. The summed E-state index contributed by atoms with van der Waals surface area (Å²) in [5, 5.41) is 9.23. The van der Waals surface area contributed by atoms with E-state index in [1.54, 1.807) is 6.07 Å². The zero-order valence-electron chi connectivity index (χ0n) is 10.6. The van der Waals surface area contributed by atoms with Crippen LogP contribution in [0.15, 0.2) is 18.2 Å². The number of hydrogen-bond acceptors (Lipinski definition) is 3. The van der Waals surface area contributed by atoms with E-state index in [1.807, 2.05) is 16.7 Å². The molecular weight excluding hydrogens is 268 g/mol. The van der Waals surface area contributed by atoms with Crippen LogP contribution in [0, 0.1) is 0 Å². The van der Waals surface area contributed by atoms with E-state index in [0.717, 1.165) is 29.8 Å². The van der Waals surface area contributed by atoms with Gasteiger partial charge in [0.05, 0.1) is 11.0 Å². The third-order valence-corrected chi connectivity index (χ3v) is 2.93. The van der Waals surface area contributed by atoms with Crippen LogP contribution in [-0.4, -0.2) is 27.2 Å². The first-order valence-electron chi connectivity index (χ1n) is 6.06. The minimum atomic E-state index is -0.985. The number of carboxylic acids is 1. The first-order valence-corrected chi connectivity index (χ1v) is 6.43. The van der Waals surface area contributed by atoms with Crippen molar-refractivity contribution in [3.63, 3.8) is 0 Å². The van der Waals surface area contributed by atoms with Gasteiger partial charge in [-0.15, -0.1) is 0 Å². The normalized spacial score (nSPS) is 11.1. The van der Waals surface area contributed by atoms with Gasteiger partial charge in [0.1, 0.15) is 19.0 Å². The van der Waals surface area contributed by atoms with Crippen LogP contribution in [0.2, 0.25) is 5.02 Å². The maximum absolute atomic E-state index is 10.4. The van der Waals surface area contributed by atoms with Gasteiger partial charge in [-0.3, -0.25) is 0 Å². The molecule has 0 atom stereocenters. The van der Waals surface area contributed by atoms with Crippen molar-refractivity contribution < 1.29 is 14.6 Å². The van der Waals surface area contributed by atoms with Crippen molar-refractivity contribution in [2.75, 3.05) is 6.61 Å². The fourth-order valence-electron chi connectivity index (χ4n) is 1.96. The molecule has 102 valence electrons. The molecule has 0 saturated carbocycles. The van der Waals surface area contributed by atoms with E-state index in [-0.39, 0.29) is 13.2 Å². The first kappa shape index (κ1) is 13.8. The van der Waals surface area contributed by atoms with Crippen molar-refractivity contribution >= 4 is 28.6 Å². The summed E-state index contributed by atoms with van der Waals surface area (Å²) in [6.45, 7) is 2.72. The zero-order valence-corrected chi connectivity index (χ0v) is 11.4. The summed E-state index contributed by atoms with van der Waals surface area (Å²) in [6.07, 6.45) is 0.948. The van der Waals surface area contributed by atoms with Gasteiger partial charge in [0.2, 0.25) is 0 Å². The standard InChI is InChI=1S/C13H15ClN2O3/c1-2-5-16-11-6-9(14)3-4-10(11)15-12(16)7-19-8-13(17)18/h3-4,6H,2,5,7-8H2,1H3,(H,17,18). The largest absolute Gasteiger partial charge is 0.480 e. The number of aryl methyl sites for hydroxylation is 1. The van der Waals surface area contributed by atoms with Crippen molar-refractivity contribution in [2.45, 2.75) is 26.5 Å². The zero-order chi connectivity index (χ0) is 13.8. The molecule has 0 saturated heterocycles. The lowest BCUT2D eigenvalue weighted by Crippen LogP contribution is -2.10. The molecule has 0 aliphatic carbocycles. The summed E-state index contributed by atoms with van der Waals surface area (Å²) >= 11 is 6.00. The van der Waals surface area contributed by atoms with Crippen LogP contribution in [0.25, 0.3) is 11.0 Å². The molecule has 1 aromatic heterocycles. The molecule has 0 aliphatic heterocycles. The topological polar surface area (TPSA) is 64.3 Å². The number of aromatic nitrogens is 2. The van der Waals surface area contributed by atoms with Gasteiger partial charge in [-0.05, 0) is 24.6 Å². The Labute approximate surface area is 115 Å². The number of nitrogens with zero attached hydrogens (tertiary/aromatic N) is 2. The maximum Gasteiger partial charge on any atom is 0.329 e. The van der Waals surface area contributed by atoms with Gasteiger partial charge in [-0.1, -0.05) is 18.5 Å². The second kappa shape index (κ2) is 6.04. The molecule has 2 rings (SSSR count). The van der Waals surface area contributed by atoms with Gasteiger partial charge in [0.15, 0.2) is 0 Å². The molecule has 19 heavy (non-hydrogen) atoms. The SMILES string of the molecule is CCCn1c(COCC(=O)O)nc2ccc(Cl)cc21. The Hall–Kier alpha value is -1.59. The average Bonchev–Trinajstić information content (AvgIpc) is 2.68. The summed E-state index contributed by atoms with van der Waals surface area (Å²) in [7, 11) is 0. The van der Waals surface area contributed by atoms with Crippen LogP contribution in [0.4, 0.5) is 0 Å². The quantitative estimate of drug-likeness (QED) is 0.885. The van der Waals surface area contributed by atoms with Gasteiger partial charge in [-0.2, -0.15) is 0 Å². The number of benzene rings is 1. The van der Waals surface area contributed by atoms with E-state index >= 15 is 0 Å². The number of hydrogen-bond donors (Lipinski definition) is 1. The van der Waals surface area contributed by atoms with E-state index in [9.17, 15) is 4.79 Å². The number of halogens is 1. The summed E-state index contributed by atoms with van der Waals surface area (Å²) in [5.74, 6) is -0.262. The van der Waals surface area contributed by atoms with E-state index in [1.165, 1.54) is 0 Å². The Morgan fingerprint density at radius 2 is 2.32 bits per heavy atom. The van der Waals surface area contributed by atoms with Crippen molar-refractivity contribution in [3.8, 4) is 0 Å². The highest BCUT2D eigenvalue weighted by Gasteiger charge is 2.11. The lowest BCUT2D eigenvalue weighted by atomic mass is 10.3. The van der Waals surface area contributed by atoms with Crippen LogP contribution < -0.4 is 0 Å². The summed E-state index contributed by atoms with van der Waals surface area (Å²) in [5.41, 5.74) is 1.79. The van der Waals surface area contributed by atoms with Gasteiger partial charge >= 0.3 is 5.97 Å². The van der Waals surface area contributed by atoms with E-state index in [0.29, 0.717) is 5.02 Å². The third kappa shape index (κ3) is 3.24. The number of carbonyl (C=O) groups is 1. The molecule has 6 heteroatoms. The molecule has 1 N–H and O–H groups in total. The molecule has 0 fully saturated rings. The smallest absolute Gasteiger partial charge is 0.329 e. The minimum Gasteiger partial charge on any atom is -0.480 e. The monoisotopic (exact) mass is 282 g/mol. The molecular formula is C13H15ClN2O3. The molecule has 1 aromatic carbocycles. The van der Waals surface area contributed by atoms with Crippen LogP contribution in [0.1, 0.15) is 19.2 Å². The second-order valence-corrected chi connectivity index (χ2v) is 4.64. The molecule has 0 aliphatic rings. The number of imidazole rings is 1. The first-order chi connectivity index (χ1) is 9.11. The summed E-state index contributed by atoms with van der Waals surface area (Å²) in [4.78, 5) is 14.9. The molecule has 1 heterocycles. The van der Waals surface area contributed by atoms with Crippen LogP contribution in [0.5, 0.6) is 0 Å². The molecule has 0 radical (unpaired) electrons. The Morgan fingerprint density at radius 1 is 1.53 bits per heavy atom. The molecule has 0 bridgehead atoms. The highest BCUT2D eigenvalue weighted by atomic mass is 35.5. The van der Waals surface area contributed by atoms with Gasteiger partial charge in [-0.25, -0.2) is 9.78 Å². The fraction of sp³-hybridized carbons (Fsp3) is 0.385. The Balaban J connectivity index is 2.30. The summed E-state index contributed by atoms with van der Waals surface area (Å²) in [6, 6.07) is 5.50. The number of carboxylic acid groups (broad SMARTS) is 1. The van der Waals surface area contributed by atoms with Crippen molar-refractivity contribution in [1.82, 2.24) is 9.55 Å². The molecule has 2 aromatic rings. The lowest BCUT2D eigenvalue weighted by molar-refractivity contribution is -0.142. The number of rotatable bonds is 6. The molecule has 0 spiro atoms. The number of fused-ring (bicyclic) bond motifs is 1. The van der Waals surface area contributed by atoms with E-state index < -0.39 is 5.97 Å². The van der Waals surface area contributed by atoms with Crippen LogP contribution >= 0.6 is 11.6 Å². The molecule has 0 unspecified atom stereocenters. The number of aliphatic carboxylic acids is 1. The predicted octanol–water partition coefficient (Wildman–Crippen LogP) is 2.70. The number of ether oxygens (including phenoxy) is 1. The minimum absolute atomic E-state index is 0.179. The Morgan fingerprint density at radius 3 is 3.00 bits per heavy atom. The lowest BCUT2D eigenvalue weighted by Gasteiger charge is -2.07. The Bertz CT molecular complexity index is 595. The van der Waals surface area contributed by atoms with Crippen LogP contribution in [-0.2, 0) is 22.7 Å². The van der Waals surface area contributed by atoms with E-state index in [2.05, 4.69) is 11.9 Å². The Kier molecular flexibility index (Phi) is 4.39. The third-order valence-electron chi connectivity index (χ3n) is 2.69. The highest BCUT2D eigenvalue weighted by molar-refractivity contribution is 6.31. The van der Waals surface area contributed by atoms with Crippen LogP contribution in [0.3, 0.4) is 0 Å². The maximum atomic E-state index is 10.4. The fourth-order valence-corrected chi connectivity index (χ4v) is 2.13.